The third-order valence-electron chi connectivity index (χ3n) is 6.42. The SMILES string of the molecule is CCOC(=O)C1=C(C)N=c2s/c(=C\c3ccc(-c4ccc(C(C)=O)cc4)o3)c(=O)n2[C@H]1c1ccc(SC)cc1. The Morgan fingerprint density at radius 1 is 1.10 bits per heavy atom. The topological polar surface area (TPSA) is 90.9 Å². The number of benzene rings is 2. The van der Waals surface area contributed by atoms with Crippen LogP contribution in [0.1, 0.15) is 48.5 Å². The van der Waals surface area contributed by atoms with Gasteiger partial charge in [-0.05, 0) is 56.9 Å². The molecule has 7 nitrogen and oxygen atoms in total. The first-order valence-electron chi connectivity index (χ1n) is 12.4. The highest BCUT2D eigenvalue weighted by Gasteiger charge is 2.33. The van der Waals surface area contributed by atoms with E-state index in [0.29, 0.717) is 37.7 Å². The molecular formula is C30H26N2O5S2. The normalized spacial score (nSPS) is 15.2. The molecule has 4 aromatic rings. The lowest BCUT2D eigenvalue weighted by atomic mass is 9.96. The highest BCUT2D eigenvalue weighted by Crippen LogP contribution is 2.31. The maximum absolute atomic E-state index is 13.8. The number of fused-ring (bicyclic) bond motifs is 1. The van der Waals surface area contributed by atoms with Gasteiger partial charge in [-0.1, -0.05) is 47.7 Å². The van der Waals surface area contributed by atoms with E-state index in [-0.39, 0.29) is 17.9 Å². The number of rotatable bonds is 7. The molecule has 1 aliphatic heterocycles. The zero-order chi connectivity index (χ0) is 27.7. The standard InChI is InChI=1S/C30H26N2O5S2/c1-5-36-29(35)26-17(2)31-30-32(27(26)21-10-13-23(38-4)14-11-21)28(34)25(39-30)16-22-12-15-24(37-22)20-8-6-19(7-9-20)18(3)33/h6-16,27H,5H2,1-4H3/b25-16-/t27-/m0/s1. The highest BCUT2D eigenvalue weighted by atomic mass is 32.2. The number of hydrogen-bond acceptors (Lipinski definition) is 8. The van der Waals surface area contributed by atoms with E-state index in [0.717, 1.165) is 16.0 Å². The lowest BCUT2D eigenvalue weighted by Gasteiger charge is -2.24. The molecule has 0 bridgehead atoms. The summed E-state index contributed by atoms with van der Waals surface area (Å²) in [6, 6.07) is 17.9. The van der Waals surface area contributed by atoms with Crippen molar-refractivity contribution in [2.75, 3.05) is 12.9 Å². The van der Waals surface area contributed by atoms with Crippen LogP contribution in [0.3, 0.4) is 0 Å². The average molecular weight is 559 g/mol. The van der Waals surface area contributed by atoms with Gasteiger partial charge in [0, 0.05) is 22.1 Å². The zero-order valence-electron chi connectivity index (χ0n) is 21.9. The van der Waals surface area contributed by atoms with Gasteiger partial charge in [-0.15, -0.1) is 11.8 Å². The fourth-order valence-corrected chi connectivity index (χ4v) is 5.91. The van der Waals surface area contributed by atoms with Crippen LogP contribution in [0, 0.1) is 0 Å². The van der Waals surface area contributed by atoms with Gasteiger partial charge in [0.15, 0.2) is 10.6 Å². The number of ketones is 1. The van der Waals surface area contributed by atoms with Crippen molar-refractivity contribution in [3.05, 3.63) is 109 Å². The third-order valence-corrected chi connectivity index (χ3v) is 8.15. The van der Waals surface area contributed by atoms with E-state index in [1.54, 1.807) is 54.5 Å². The largest absolute Gasteiger partial charge is 0.463 e. The van der Waals surface area contributed by atoms with Gasteiger partial charge in [0.1, 0.15) is 11.5 Å². The molecule has 0 radical (unpaired) electrons. The van der Waals surface area contributed by atoms with Gasteiger partial charge >= 0.3 is 5.97 Å². The minimum Gasteiger partial charge on any atom is -0.463 e. The fraction of sp³-hybridized carbons (Fsp3) is 0.200. The van der Waals surface area contributed by atoms with Crippen molar-refractivity contribution in [2.24, 2.45) is 4.99 Å². The van der Waals surface area contributed by atoms with E-state index >= 15 is 0 Å². The number of hydrogen-bond donors (Lipinski definition) is 0. The van der Waals surface area contributed by atoms with Crippen LogP contribution in [0.25, 0.3) is 17.4 Å². The van der Waals surface area contributed by atoms with Crippen molar-refractivity contribution in [3.8, 4) is 11.3 Å². The van der Waals surface area contributed by atoms with Gasteiger partial charge in [-0.25, -0.2) is 9.79 Å². The summed E-state index contributed by atoms with van der Waals surface area (Å²) < 4.78 is 13.4. The molecule has 1 aliphatic rings. The van der Waals surface area contributed by atoms with Crippen LogP contribution in [0.15, 0.2) is 91.0 Å². The quantitative estimate of drug-likeness (QED) is 0.181. The summed E-state index contributed by atoms with van der Waals surface area (Å²) in [5.74, 6) is 0.639. The Hall–Kier alpha value is -3.95. The van der Waals surface area contributed by atoms with Crippen molar-refractivity contribution in [3.63, 3.8) is 0 Å². The van der Waals surface area contributed by atoms with Gasteiger partial charge in [-0.3, -0.25) is 14.2 Å². The molecule has 5 rings (SSSR count). The van der Waals surface area contributed by atoms with Crippen molar-refractivity contribution in [1.82, 2.24) is 4.57 Å². The third kappa shape index (κ3) is 5.20. The molecule has 0 spiro atoms. The summed E-state index contributed by atoms with van der Waals surface area (Å²) in [5, 5.41) is 0. The predicted octanol–water partition coefficient (Wildman–Crippen LogP) is 4.98. The highest BCUT2D eigenvalue weighted by molar-refractivity contribution is 7.98. The van der Waals surface area contributed by atoms with Crippen molar-refractivity contribution in [2.45, 2.75) is 31.7 Å². The Morgan fingerprint density at radius 3 is 2.46 bits per heavy atom. The molecule has 0 N–H and O–H groups in total. The molecule has 1 atom stereocenters. The summed E-state index contributed by atoms with van der Waals surface area (Å²) in [7, 11) is 0. The van der Waals surface area contributed by atoms with Crippen LogP contribution in [0.5, 0.6) is 0 Å². The molecule has 2 aromatic carbocycles. The molecule has 0 fully saturated rings. The zero-order valence-corrected chi connectivity index (χ0v) is 23.5. The van der Waals surface area contributed by atoms with Crippen molar-refractivity contribution >= 4 is 40.9 Å². The molecule has 198 valence electrons. The summed E-state index contributed by atoms with van der Waals surface area (Å²) in [4.78, 5) is 44.6. The number of nitrogens with zero attached hydrogens (tertiary/aromatic N) is 2. The monoisotopic (exact) mass is 558 g/mol. The van der Waals surface area contributed by atoms with Crippen molar-refractivity contribution in [1.29, 1.82) is 0 Å². The van der Waals surface area contributed by atoms with E-state index in [9.17, 15) is 14.4 Å². The number of ether oxygens (including phenoxy) is 1. The predicted molar refractivity (Wildman–Crippen MR) is 153 cm³/mol. The van der Waals surface area contributed by atoms with Gasteiger partial charge in [-0.2, -0.15) is 0 Å². The van der Waals surface area contributed by atoms with Crippen LogP contribution < -0.4 is 14.9 Å². The number of allylic oxidation sites excluding steroid dienone is 1. The minimum atomic E-state index is -0.662. The Balaban J connectivity index is 1.59. The fourth-order valence-electron chi connectivity index (χ4n) is 4.48. The second kappa shape index (κ2) is 11.0. The lowest BCUT2D eigenvalue weighted by Crippen LogP contribution is -2.39. The molecule has 9 heteroatoms. The van der Waals surface area contributed by atoms with E-state index in [4.69, 9.17) is 9.15 Å². The van der Waals surface area contributed by atoms with Gasteiger partial charge in [0.05, 0.1) is 28.5 Å². The summed E-state index contributed by atoms with van der Waals surface area (Å²) >= 11 is 2.86. The summed E-state index contributed by atoms with van der Waals surface area (Å²) in [6.45, 7) is 5.26. The molecule has 2 aromatic heterocycles. The van der Waals surface area contributed by atoms with E-state index in [2.05, 4.69) is 4.99 Å². The Labute approximate surface area is 233 Å². The lowest BCUT2D eigenvalue weighted by molar-refractivity contribution is -0.139. The molecule has 0 saturated heterocycles. The number of furan rings is 1. The van der Waals surface area contributed by atoms with Crippen LogP contribution in [-0.4, -0.2) is 29.2 Å². The van der Waals surface area contributed by atoms with Gasteiger partial charge in [0.2, 0.25) is 0 Å². The number of aromatic nitrogens is 1. The molecular weight excluding hydrogens is 532 g/mol. The first kappa shape index (κ1) is 26.6. The Bertz CT molecular complexity index is 1770. The smallest absolute Gasteiger partial charge is 0.338 e. The minimum absolute atomic E-state index is 0.00286. The van der Waals surface area contributed by atoms with Gasteiger partial charge < -0.3 is 9.15 Å². The number of thiazole rings is 1. The number of thioether (sulfide) groups is 1. The van der Waals surface area contributed by atoms with Crippen LogP contribution >= 0.6 is 23.1 Å². The maximum Gasteiger partial charge on any atom is 0.338 e. The molecule has 0 unspecified atom stereocenters. The molecule has 0 aliphatic carbocycles. The van der Waals surface area contributed by atoms with E-state index in [1.165, 1.54) is 18.3 Å². The molecule has 0 amide bonds. The number of esters is 1. The maximum atomic E-state index is 13.8. The van der Waals surface area contributed by atoms with Crippen LogP contribution in [0.4, 0.5) is 0 Å². The first-order chi connectivity index (χ1) is 18.8. The van der Waals surface area contributed by atoms with Gasteiger partial charge in [0.25, 0.3) is 5.56 Å². The number of carbonyl (C=O) groups is 2. The average Bonchev–Trinajstić information content (AvgIpc) is 3.52. The Kier molecular flexibility index (Phi) is 7.54. The Morgan fingerprint density at radius 2 is 1.82 bits per heavy atom. The summed E-state index contributed by atoms with van der Waals surface area (Å²) in [5.41, 5.74) is 2.85. The van der Waals surface area contributed by atoms with Crippen LogP contribution in [0.2, 0.25) is 0 Å². The molecule has 39 heavy (non-hydrogen) atoms. The summed E-state index contributed by atoms with van der Waals surface area (Å²) in [6.07, 6.45) is 3.68. The van der Waals surface area contributed by atoms with Crippen LogP contribution in [-0.2, 0) is 9.53 Å². The van der Waals surface area contributed by atoms with E-state index in [1.807, 2.05) is 48.7 Å². The van der Waals surface area contributed by atoms with Crippen molar-refractivity contribution < 1.29 is 18.7 Å². The first-order valence-corrected chi connectivity index (χ1v) is 14.4. The molecule has 0 saturated carbocycles. The second-order valence-electron chi connectivity index (χ2n) is 8.91. The second-order valence-corrected chi connectivity index (χ2v) is 10.8. The number of Topliss-reactive ketones (excluding diaryl/α,β-unsaturated/α-hetero) is 1. The molecule has 3 heterocycles. The van der Waals surface area contributed by atoms with E-state index < -0.39 is 12.0 Å². The number of carbonyl (C=O) groups excluding carboxylic acids is 2.